The Morgan fingerprint density at radius 3 is 2.87 bits per heavy atom. The van der Waals surface area contributed by atoms with E-state index in [1.54, 1.807) is 6.07 Å². The van der Waals surface area contributed by atoms with Crippen LogP contribution in [0.25, 0.3) is 0 Å². The smallest absolute Gasteiger partial charge is 0.246 e. The third-order valence-corrected chi connectivity index (χ3v) is 5.97. The summed E-state index contributed by atoms with van der Waals surface area (Å²) in [4.78, 5) is 12.0. The van der Waals surface area contributed by atoms with Crippen LogP contribution in [-0.2, 0) is 14.8 Å². The molecule has 0 saturated carbocycles. The van der Waals surface area contributed by atoms with Crippen LogP contribution in [0, 0.1) is 5.92 Å². The quantitative estimate of drug-likeness (QED) is 0.870. The van der Waals surface area contributed by atoms with Gasteiger partial charge in [0.15, 0.2) is 0 Å². The standard InChI is InChI=1S/C15H21ClN2O4S/c1-3-17-15(19)11-5-4-8-18(10-11)23(20,21)14-9-12(16)6-7-13(14)22-2/h6-7,9,11H,3-5,8,10H2,1-2H3,(H,17,19)/t11-/m0/s1. The van der Waals surface area contributed by atoms with Crippen LogP contribution >= 0.6 is 11.6 Å². The molecule has 2 rings (SSSR count). The second-order valence-electron chi connectivity index (χ2n) is 5.39. The molecule has 128 valence electrons. The zero-order valence-corrected chi connectivity index (χ0v) is 14.8. The lowest BCUT2D eigenvalue weighted by Gasteiger charge is -2.31. The lowest BCUT2D eigenvalue weighted by atomic mass is 9.99. The molecule has 1 atom stereocenters. The highest BCUT2D eigenvalue weighted by Crippen LogP contribution is 2.31. The normalized spacial score (nSPS) is 19.3. The second-order valence-corrected chi connectivity index (χ2v) is 7.73. The van der Waals surface area contributed by atoms with Gasteiger partial charge in [-0.2, -0.15) is 4.31 Å². The zero-order chi connectivity index (χ0) is 17.0. The van der Waals surface area contributed by atoms with Crippen LogP contribution < -0.4 is 10.1 Å². The van der Waals surface area contributed by atoms with E-state index in [-0.39, 0.29) is 29.0 Å². The van der Waals surface area contributed by atoms with Gasteiger partial charge in [0.25, 0.3) is 0 Å². The molecule has 1 aliphatic rings. The first-order chi connectivity index (χ1) is 10.9. The number of methoxy groups -OCH3 is 1. The van der Waals surface area contributed by atoms with Gasteiger partial charge in [-0.1, -0.05) is 11.6 Å². The van der Waals surface area contributed by atoms with Crippen LogP contribution in [0.3, 0.4) is 0 Å². The van der Waals surface area contributed by atoms with Gasteiger partial charge in [-0.3, -0.25) is 4.79 Å². The number of hydrogen-bond donors (Lipinski definition) is 1. The second kappa shape index (κ2) is 7.51. The van der Waals surface area contributed by atoms with Gasteiger partial charge >= 0.3 is 0 Å². The molecule has 0 aromatic heterocycles. The van der Waals surface area contributed by atoms with Crippen molar-refractivity contribution in [2.75, 3.05) is 26.7 Å². The summed E-state index contributed by atoms with van der Waals surface area (Å²) in [5, 5.41) is 3.07. The molecule has 1 N–H and O–H groups in total. The first kappa shape index (κ1) is 18.0. The van der Waals surface area contributed by atoms with Crippen molar-refractivity contribution >= 4 is 27.5 Å². The van der Waals surface area contributed by atoms with Crippen molar-refractivity contribution in [1.29, 1.82) is 0 Å². The molecular weight excluding hydrogens is 340 g/mol. The minimum Gasteiger partial charge on any atom is -0.495 e. The molecule has 0 aliphatic carbocycles. The van der Waals surface area contributed by atoms with Crippen LogP contribution in [0.2, 0.25) is 5.02 Å². The monoisotopic (exact) mass is 360 g/mol. The predicted molar refractivity (Wildman–Crippen MR) is 88.2 cm³/mol. The number of carbonyl (C=O) groups excluding carboxylic acids is 1. The third-order valence-electron chi connectivity index (χ3n) is 3.85. The summed E-state index contributed by atoms with van der Waals surface area (Å²) in [5.74, 6) is -0.191. The van der Waals surface area contributed by atoms with Crippen LogP contribution in [0.5, 0.6) is 5.75 Å². The largest absolute Gasteiger partial charge is 0.495 e. The summed E-state index contributed by atoms with van der Waals surface area (Å²) in [5.41, 5.74) is 0. The third kappa shape index (κ3) is 3.97. The lowest BCUT2D eigenvalue weighted by Crippen LogP contribution is -2.45. The number of halogens is 1. The predicted octanol–water partition coefficient (Wildman–Crippen LogP) is 1.89. The van der Waals surface area contributed by atoms with E-state index in [2.05, 4.69) is 5.32 Å². The van der Waals surface area contributed by atoms with E-state index >= 15 is 0 Å². The molecule has 1 heterocycles. The molecule has 1 aliphatic heterocycles. The average Bonchev–Trinajstić information content (AvgIpc) is 2.55. The molecule has 1 amide bonds. The molecule has 0 spiro atoms. The van der Waals surface area contributed by atoms with Gasteiger partial charge in [-0.15, -0.1) is 0 Å². The number of nitrogens with one attached hydrogen (secondary N) is 1. The summed E-state index contributed by atoms with van der Waals surface area (Å²) >= 11 is 5.94. The molecule has 0 bridgehead atoms. The fourth-order valence-electron chi connectivity index (χ4n) is 2.68. The van der Waals surface area contributed by atoms with Crippen molar-refractivity contribution in [3.05, 3.63) is 23.2 Å². The lowest BCUT2D eigenvalue weighted by molar-refractivity contribution is -0.125. The summed E-state index contributed by atoms with van der Waals surface area (Å²) in [6, 6.07) is 4.49. The molecule has 1 aromatic rings. The zero-order valence-electron chi connectivity index (χ0n) is 13.2. The van der Waals surface area contributed by atoms with Gasteiger partial charge in [0.1, 0.15) is 10.6 Å². The maximum Gasteiger partial charge on any atom is 0.246 e. The van der Waals surface area contributed by atoms with Gasteiger partial charge in [0.05, 0.1) is 13.0 Å². The first-order valence-corrected chi connectivity index (χ1v) is 9.33. The van der Waals surface area contributed by atoms with Crippen molar-refractivity contribution in [3.63, 3.8) is 0 Å². The Bertz CT molecular complexity index is 678. The molecule has 0 radical (unpaired) electrons. The molecule has 6 nitrogen and oxygen atoms in total. The number of rotatable bonds is 5. The van der Waals surface area contributed by atoms with Gasteiger partial charge < -0.3 is 10.1 Å². The highest BCUT2D eigenvalue weighted by molar-refractivity contribution is 7.89. The number of amides is 1. The molecular formula is C15H21ClN2O4S. The number of piperidine rings is 1. The fourth-order valence-corrected chi connectivity index (χ4v) is 4.63. The van der Waals surface area contributed by atoms with E-state index in [0.29, 0.717) is 31.0 Å². The molecule has 0 unspecified atom stereocenters. The van der Waals surface area contributed by atoms with Crippen LogP contribution in [0.15, 0.2) is 23.1 Å². The molecule has 1 saturated heterocycles. The molecule has 8 heteroatoms. The number of sulfonamides is 1. The Labute approximate surface area is 141 Å². The van der Waals surface area contributed by atoms with Gasteiger partial charge in [0, 0.05) is 24.7 Å². The van der Waals surface area contributed by atoms with E-state index in [1.807, 2.05) is 6.92 Å². The van der Waals surface area contributed by atoms with Crippen molar-refractivity contribution < 1.29 is 17.9 Å². The first-order valence-electron chi connectivity index (χ1n) is 7.51. The maximum atomic E-state index is 12.9. The van der Waals surface area contributed by atoms with Crippen molar-refractivity contribution in [1.82, 2.24) is 9.62 Å². The Kier molecular flexibility index (Phi) is 5.89. The van der Waals surface area contributed by atoms with E-state index in [1.165, 1.54) is 23.5 Å². The topological polar surface area (TPSA) is 75.7 Å². The van der Waals surface area contributed by atoms with Crippen molar-refractivity contribution in [2.45, 2.75) is 24.7 Å². The van der Waals surface area contributed by atoms with Crippen LogP contribution in [-0.4, -0.2) is 45.4 Å². The van der Waals surface area contributed by atoms with E-state index in [4.69, 9.17) is 16.3 Å². The van der Waals surface area contributed by atoms with E-state index in [9.17, 15) is 13.2 Å². The van der Waals surface area contributed by atoms with E-state index in [0.717, 1.165) is 0 Å². The number of nitrogens with zero attached hydrogens (tertiary/aromatic N) is 1. The Balaban J connectivity index is 2.29. The number of carbonyl (C=O) groups is 1. The highest BCUT2D eigenvalue weighted by Gasteiger charge is 2.34. The van der Waals surface area contributed by atoms with Crippen LogP contribution in [0.1, 0.15) is 19.8 Å². The summed E-state index contributed by atoms with van der Waals surface area (Å²) in [7, 11) is -2.35. The number of benzene rings is 1. The van der Waals surface area contributed by atoms with E-state index < -0.39 is 10.0 Å². The summed E-state index contributed by atoms with van der Waals surface area (Å²) < 4.78 is 32.3. The number of ether oxygens (including phenoxy) is 1. The minimum atomic E-state index is -3.76. The Hall–Kier alpha value is -1.31. The Morgan fingerprint density at radius 2 is 2.22 bits per heavy atom. The number of hydrogen-bond acceptors (Lipinski definition) is 4. The summed E-state index contributed by atoms with van der Waals surface area (Å²) in [6.45, 7) is 2.92. The SMILES string of the molecule is CCNC(=O)[C@H]1CCCN(S(=O)(=O)c2cc(Cl)ccc2OC)C1. The van der Waals surface area contributed by atoms with Crippen LogP contribution in [0.4, 0.5) is 0 Å². The van der Waals surface area contributed by atoms with Crippen molar-refractivity contribution in [2.24, 2.45) is 5.92 Å². The Morgan fingerprint density at radius 1 is 1.48 bits per heavy atom. The minimum absolute atomic E-state index is 0.0315. The maximum absolute atomic E-state index is 12.9. The fraction of sp³-hybridized carbons (Fsp3) is 0.533. The van der Waals surface area contributed by atoms with Gasteiger partial charge in [-0.25, -0.2) is 8.42 Å². The molecule has 23 heavy (non-hydrogen) atoms. The highest BCUT2D eigenvalue weighted by atomic mass is 35.5. The molecule has 1 aromatic carbocycles. The van der Waals surface area contributed by atoms with Crippen molar-refractivity contribution in [3.8, 4) is 5.75 Å². The van der Waals surface area contributed by atoms with Gasteiger partial charge in [-0.05, 0) is 38.0 Å². The average molecular weight is 361 g/mol. The van der Waals surface area contributed by atoms with Gasteiger partial charge in [0.2, 0.25) is 15.9 Å². The molecule has 1 fully saturated rings. The summed E-state index contributed by atoms with van der Waals surface area (Å²) in [6.07, 6.45) is 1.33.